The molecule has 1 saturated carbocycles. The number of benzene rings is 1. The van der Waals surface area contributed by atoms with Gasteiger partial charge in [0.1, 0.15) is 5.82 Å². The molecule has 1 aromatic carbocycles. The highest BCUT2D eigenvalue weighted by atomic mass is 19.1. The highest BCUT2D eigenvalue weighted by Crippen LogP contribution is 2.45. The molecule has 2 aliphatic heterocycles. The number of likely N-dealkylation sites (tertiary alicyclic amines) is 2. The monoisotopic (exact) mass is 399 g/mol. The van der Waals surface area contributed by atoms with Gasteiger partial charge in [-0.15, -0.1) is 0 Å². The molecular weight excluding hydrogens is 373 g/mol. The zero-order valence-electron chi connectivity index (χ0n) is 16.8. The normalized spacial score (nSPS) is 26.7. The Balaban J connectivity index is 1.35. The van der Waals surface area contributed by atoms with Crippen LogP contribution in [0.5, 0.6) is 0 Å². The molecule has 2 aromatic rings. The first-order valence-corrected chi connectivity index (χ1v) is 10.3. The van der Waals surface area contributed by atoms with Gasteiger partial charge in [0.05, 0.1) is 12.6 Å². The minimum Gasteiger partial charge on any atom is -0.339 e. The molecule has 29 heavy (non-hydrogen) atoms. The molecule has 0 N–H and O–H groups in total. The number of urea groups is 1. The maximum atomic E-state index is 13.9. The zero-order valence-corrected chi connectivity index (χ0v) is 16.8. The quantitative estimate of drug-likeness (QED) is 0.791. The van der Waals surface area contributed by atoms with Gasteiger partial charge in [-0.1, -0.05) is 17.3 Å². The first-order valence-electron chi connectivity index (χ1n) is 10.3. The number of rotatable bonds is 4. The van der Waals surface area contributed by atoms with E-state index in [1.807, 2.05) is 11.0 Å². The van der Waals surface area contributed by atoms with E-state index in [0.717, 1.165) is 43.2 Å². The lowest BCUT2D eigenvalue weighted by Gasteiger charge is -2.31. The summed E-state index contributed by atoms with van der Waals surface area (Å²) in [6.07, 6.45) is 2.28. The Morgan fingerprint density at radius 1 is 1.28 bits per heavy atom. The molecule has 1 aliphatic carbocycles. The third-order valence-electron chi connectivity index (χ3n) is 6.33. The second-order valence-electron chi connectivity index (χ2n) is 8.77. The highest BCUT2D eigenvalue weighted by molar-refractivity contribution is 5.75. The van der Waals surface area contributed by atoms with Gasteiger partial charge in [0, 0.05) is 45.6 Å². The van der Waals surface area contributed by atoms with Crippen molar-refractivity contribution in [2.45, 2.75) is 31.3 Å². The van der Waals surface area contributed by atoms with Gasteiger partial charge in [-0.25, -0.2) is 9.18 Å². The molecule has 0 spiro atoms. The van der Waals surface area contributed by atoms with Crippen LogP contribution in [0, 0.1) is 17.7 Å². The lowest BCUT2D eigenvalue weighted by atomic mass is 9.89. The minimum atomic E-state index is -0.266. The van der Waals surface area contributed by atoms with Gasteiger partial charge in [-0.2, -0.15) is 4.98 Å². The predicted octanol–water partition coefficient (Wildman–Crippen LogP) is 2.87. The fourth-order valence-corrected chi connectivity index (χ4v) is 4.87. The van der Waals surface area contributed by atoms with Crippen molar-refractivity contribution >= 4 is 6.03 Å². The third-order valence-corrected chi connectivity index (χ3v) is 6.33. The first-order chi connectivity index (χ1) is 14.0. The van der Waals surface area contributed by atoms with Crippen LogP contribution in [0.2, 0.25) is 0 Å². The van der Waals surface area contributed by atoms with Crippen LogP contribution >= 0.6 is 0 Å². The average molecular weight is 399 g/mol. The summed E-state index contributed by atoms with van der Waals surface area (Å²) in [6, 6.07) is 6.52. The maximum Gasteiger partial charge on any atom is 0.320 e. The molecule has 7 nitrogen and oxygen atoms in total. The lowest BCUT2D eigenvalue weighted by molar-refractivity contribution is 0.151. The number of nitrogens with zero attached hydrogens (tertiary/aromatic N) is 5. The molecule has 0 radical (unpaired) electrons. The molecule has 2 saturated heterocycles. The van der Waals surface area contributed by atoms with Crippen LogP contribution in [0.3, 0.4) is 0 Å². The van der Waals surface area contributed by atoms with Crippen LogP contribution in [0.4, 0.5) is 9.18 Å². The molecule has 8 heteroatoms. The molecule has 0 unspecified atom stereocenters. The Kier molecular flexibility index (Phi) is 4.53. The van der Waals surface area contributed by atoms with Gasteiger partial charge < -0.3 is 14.3 Å². The summed E-state index contributed by atoms with van der Waals surface area (Å²) >= 11 is 0. The van der Waals surface area contributed by atoms with Crippen molar-refractivity contribution in [3.63, 3.8) is 0 Å². The van der Waals surface area contributed by atoms with Crippen LogP contribution < -0.4 is 0 Å². The van der Waals surface area contributed by atoms with Gasteiger partial charge in [-0.3, -0.25) is 4.90 Å². The van der Waals surface area contributed by atoms with Crippen molar-refractivity contribution in [3.05, 3.63) is 47.4 Å². The standard InChI is InChI=1S/C21H26FN5O2/c1-25(2)21(28)27-10-15-9-26(12-18-23-20(29-24-18)13-6-7-13)11-17(15)19(27)14-4-3-5-16(22)8-14/h3-5,8,13,15,17,19H,6-7,9-12H2,1-2H3/t15-,17-,19-/m1/s1. The van der Waals surface area contributed by atoms with Crippen LogP contribution in [0.1, 0.15) is 42.1 Å². The summed E-state index contributed by atoms with van der Waals surface area (Å²) in [5, 5.41) is 4.14. The third kappa shape index (κ3) is 3.50. The van der Waals surface area contributed by atoms with Gasteiger partial charge in [0.25, 0.3) is 0 Å². The van der Waals surface area contributed by atoms with E-state index < -0.39 is 0 Å². The van der Waals surface area contributed by atoms with Gasteiger partial charge >= 0.3 is 6.03 Å². The van der Waals surface area contributed by atoms with E-state index in [-0.39, 0.29) is 23.8 Å². The molecule has 3 fully saturated rings. The molecular formula is C21H26FN5O2. The van der Waals surface area contributed by atoms with E-state index >= 15 is 0 Å². The van der Waals surface area contributed by atoms with Crippen molar-refractivity contribution < 1.29 is 13.7 Å². The van der Waals surface area contributed by atoms with Crippen LogP contribution in [0.25, 0.3) is 0 Å². The van der Waals surface area contributed by atoms with Crippen molar-refractivity contribution in [2.24, 2.45) is 11.8 Å². The Morgan fingerprint density at radius 3 is 2.83 bits per heavy atom. The minimum absolute atomic E-state index is 0.0209. The molecule has 2 amide bonds. The van der Waals surface area contributed by atoms with E-state index in [1.165, 1.54) is 6.07 Å². The smallest absolute Gasteiger partial charge is 0.320 e. The Labute approximate surface area is 169 Å². The Hall–Kier alpha value is -2.48. The zero-order chi connectivity index (χ0) is 20.1. The van der Waals surface area contributed by atoms with Crippen molar-refractivity contribution in [2.75, 3.05) is 33.7 Å². The summed E-state index contributed by atoms with van der Waals surface area (Å²) < 4.78 is 19.3. The maximum absolute atomic E-state index is 13.9. The predicted molar refractivity (Wildman–Crippen MR) is 103 cm³/mol. The summed E-state index contributed by atoms with van der Waals surface area (Å²) in [6.45, 7) is 3.04. The number of hydrogen-bond acceptors (Lipinski definition) is 5. The van der Waals surface area contributed by atoms with Crippen LogP contribution in [-0.4, -0.2) is 64.6 Å². The molecule has 1 aromatic heterocycles. The second kappa shape index (κ2) is 7.09. The molecule has 3 atom stereocenters. The van der Waals surface area contributed by atoms with E-state index in [1.54, 1.807) is 31.1 Å². The fourth-order valence-electron chi connectivity index (χ4n) is 4.87. The van der Waals surface area contributed by atoms with Crippen LogP contribution in [0.15, 0.2) is 28.8 Å². The Morgan fingerprint density at radius 2 is 2.10 bits per heavy atom. The molecule has 3 heterocycles. The lowest BCUT2D eigenvalue weighted by Crippen LogP contribution is -2.41. The van der Waals surface area contributed by atoms with Crippen molar-refractivity contribution in [1.82, 2.24) is 24.8 Å². The van der Waals surface area contributed by atoms with Gasteiger partial charge in [-0.05, 0) is 36.5 Å². The van der Waals surface area contributed by atoms with E-state index in [0.29, 0.717) is 24.9 Å². The summed E-state index contributed by atoms with van der Waals surface area (Å²) in [4.78, 5) is 23.2. The number of carbonyl (C=O) groups is 1. The number of aromatic nitrogens is 2. The molecule has 0 bridgehead atoms. The highest BCUT2D eigenvalue weighted by Gasteiger charge is 2.49. The van der Waals surface area contributed by atoms with Gasteiger partial charge in [0.15, 0.2) is 5.82 Å². The average Bonchev–Trinajstić information content (AvgIpc) is 3.15. The number of carbonyl (C=O) groups excluding carboxylic acids is 1. The summed E-state index contributed by atoms with van der Waals surface area (Å²) in [5.74, 6) is 2.29. The number of fused-ring (bicyclic) bond motifs is 1. The SMILES string of the molecule is CN(C)C(=O)N1C[C@H]2CN(Cc3noc(C4CC4)n3)C[C@H]2[C@H]1c1cccc(F)c1. The summed E-state index contributed by atoms with van der Waals surface area (Å²) in [7, 11) is 3.53. The first kappa shape index (κ1) is 18.5. The fraction of sp³-hybridized carbons (Fsp3) is 0.571. The number of hydrogen-bond donors (Lipinski definition) is 0. The number of halogens is 1. The van der Waals surface area contributed by atoms with Gasteiger partial charge in [0.2, 0.25) is 5.89 Å². The summed E-state index contributed by atoms with van der Waals surface area (Å²) in [5.41, 5.74) is 0.866. The molecule has 154 valence electrons. The topological polar surface area (TPSA) is 65.7 Å². The molecule has 3 aliphatic rings. The van der Waals surface area contributed by atoms with E-state index in [2.05, 4.69) is 15.0 Å². The largest absolute Gasteiger partial charge is 0.339 e. The van der Waals surface area contributed by atoms with Crippen molar-refractivity contribution in [1.29, 1.82) is 0 Å². The second-order valence-corrected chi connectivity index (χ2v) is 8.77. The molecule has 5 rings (SSSR count). The van der Waals surface area contributed by atoms with Crippen LogP contribution in [-0.2, 0) is 6.54 Å². The number of amides is 2. The van der Waals surface area contributed by atoms with E-state index in [9.17, 15) is 9.18 Å². The van der Waals surface area contributed by atoms with Crippen molar-refractivity contribution in [3.8, 4) is 0 Å². The van der Waals surface area contributed by atoms with E-state index in [4.69, 9.17) is 4.52 Å². The Bertz CT molecular complexity index is 912.